The van der Waals surface area contributed by atoms with Crippen LogP contribution >= 0.6 is 0 Å². The standard InChI is InChI=1S/C17H13F3N2O5/c1-16(15(24)25-9-26-16)27-14(23)12-6-3-7-21-13(12)22-11-5-2-4-10(8-11)17(18,19)20/h2-8H,9H2,1H3,(H,21,22). The molecule has 1 fully saturated rings. The molecule has 0 aliphatic carbocycles. The van der Waals surface area contributed by atoms with E-state index in [2.05, 4.69) is 15.0 Å². The summed E-state index contributed by atoms with van der Waals surface area (Å²) in [4.78, 5) is 28.0. The van der Waals surface area contributed by atoms with Gasteiger partial charge in [-0.2, -0.15) is 13.2 Å². The van der Waals surface area contributed by atoms with E-state index in [0.717, 1.165) is 12.1 Å². The van der Waals surface area contributed by atoms with Crippen molar-refractivity contribution in [1.82, 2.24) is 4.98 Å². The summed E-state index contributed by atoms with van der Waals surface area (Å²) in [6, 6.07) is 7.18. The summed E-state index contributed by atoms with van der Waals surface area (Å²) in [5, 5.41) is 2.65. The molecule has 1 aromatic heterocycles. The lowest BCUT2D eigenvalue weighted by molar-refractivity contribution is -0.176. The van der Waals surface area contributed by atoms with Gasteiger partial charge in [-0.05, 0) is 30.3 Å². The highest BCUT2D eigenvalue weighted by Crippen LogP contribution is 2.32. The van der Waals surface area contributed by atoms with Crippen LogP contribution in [0.2, 0.25) is 0 Å². The molecule has 7 nitrogen and oxygen atoms in total. The fourth-order valence-corrected chi connectivity index (χ4v) is 2.27. The van der Waals surface area contributed by atoms with Gasteiger partial charge in [-0.1, -0.05) is 6.07 Å². The molecular formula is C17H13F3N2O5. The lowest BCUT2D eigenvalue weighted by atomic mass is 10.2. The van der Waals surface area contributed by atoms with Crippen molar-refractivity contribution in [2.45, 2.75) is 18.9 Å². The number of alkyl halides is 3. The number of halogens is 3. The number of carbonyl (C=O) groups is 2. The maximum atomic E-state index is 12.8. The molecule has 0 saturated carbocycles. The van der Waals surface area contributed by atoms with E-state index < -0.39 is 29.5 Å². The van der Waals surface area contributed by atoms with Crippen molar-refractivity contribution < 1.29 is 37.0 Å². The molecule has 0 amide bonds. The Hall–Kier alpha value is -3.14. The SMILES string of the molecule is CC1(OC(=O)c2cccnc2Nc2cccc(C(F)(F)F)c2)OCOC1=O. The van der Waals surface area contributed by atoms with Crippen molar-refractivity contribution in [2.75, 3.05) is 12.1 Å². The molecule has 0 spiro atoms. The van der Waals surface area contributed by atoms with Crippen LogP contribution in [0.3, 0.4) is 0 Å². The van der Waals surface area contributed by atoms with Crippen LogP contribution in [0.25, 0.3) is 0 Å². The van der Waals surface area contributed by atoms with E-state index in [-0.39, 0.29) is 23.9 Å². The molecule has 0 radical (unpaired) electrons. The summed E-state index contributed by atoms with van der Waals surface area (Å²) in [5.41, 5.74) is -0.887. The molecule has 142 valence electrons. The van der Waals surface area contributed by atoms with Crippen LogP contribution in [0.15, 0.2) is 42.6 Å². The molecule has 0 bridgehead atoms. The van der Waals surface area contributed by atoms with Gasteiger partial charge in [0.15, 0.2) is 6.79 Å². The molecule has 10 heteroatoms. The van der Waals surface area contributed by atoms with Crippen LogP contribution in [-0.4, -0.2) is 29.5 Å². The minimum Gasteiger partial charge on any atom is -0.433 e. The number of rotatable bonds is 4. The highest BCUT2D eigenvalue weighted by molar-refractivity contribution is 5.97. The van der Waals surface area contributed by atoms with E-state index in [1.165, 1.54) is 37.4 Å². The van der Waals surface area contributed by atoms with Gasteiger partial charge in [-0.15, -0.1) is 0 Å². The number of anilines is 2. The first-order chi connectivity index (χ1) is 12.7. The third kappa shape index (κ3) is 4.00. The van der Waals surface area contributed by atoms with Crippen LogP contribution in [0.5, 0.6) is 0 Å². The van der Waals surface area contributed by atoms with Crippen molar-refractivity contribution in [3.8, 4) is 0 Å². The van der Waals surface area contributed by atoms with Gasteiger partial charge < -0.3 is 14.8 Å². The van der Waals surface area contributed by atoms with Gasteiger partial charge in [-0.3, -0.25) is 4.74 Å². The fourth-order valence-electron chi connectivity index (χ4n) is 2.27. The first-order valence-corrected chi connectivity index (χ1v) is 7.63. The molecule has 1 N–H and O–H groups in total. The second kappa shape index (κ2) is 6.88. The summed E-state index contributed by atoms with van der Waals surface area (Å²) < 4.78 is 53.2. The number of nitrogens with zero attached hydrogens (tertiary/aromatic N) is 1. The van der Waals surface area contributed by atoms with Crippen molar-refractivity contribution >= 4 is 23.4 Å². The number of aromatic nitrogens is 1. The summed E-state index contributed by atoms with van der Waals surface area (Å²) in [5.74, 6) is -3.77. The van der Waals surface area contributed by atoms with E-state index in [9.17, 15) is 22.8 Å². The van der Waals surface area contributed by atoms with Gasteiger partial charge in [-0.25, -0.2) is 14.6 Å². The van der Waals surface area contributed by atoms with Crippen LogP contribution < -0.4 is 5.32 Å². The number of carbonyl (C=O) groups excluding carboxylic acids is 2. The fraction of sp³-hybridized carbons (Fsp3) is 0.235. The second-order valence-corrected chi connectivity index (χ2v) is 5.63. The molecule has 2 aromatic rings. The summed E-state index contributed by atoms with van der Waals surface area (Å²) in [6.45, 7) is 0.863. The Balaban J connectivity index is 1.84. The maximum Gasteiger partial charge on any atom is 0.416 e. The van der Waals surface area contributed by atoms with Crippen molar-refractivity contribution in [2.24, 2.45) is 0 Å². The third-order valence-electron chi connectivity index (χ3n) is 3.66. The number of hydrogen-bond acceptors (Lipinski definition) is 7. The smallest absolute Gasteiger partial charge is 0.416 e. The topological polar surface area (TPSA) is 86.8 Å². The lowest BCUT2D eigenvalue weighted by Gasteiger charge is -2.19. The van der Waals surface area contributed by atoms with Crippen LogP contribution in [0.1, 0.15) is 22.8 Å². The Morgan fingerprint density at radius 2 is 2.07 bits per heavy atom. The number of esters is 2. The zero-order chi connectivity index (χ0) is 19.7. The van der Waals surface area contributed by atoms with E-state index in [4.69, 9.17) is 9.47 Å². The largest absolute Gasteiger partial charge is 0.433 e. The number of nitrogens with one attached hydrogen (secondary N) is 1. The van der Waals surface area contributed by atoms with Gasteiger partial charge in [0.05, 0.1) is 5.56 Å². The minimum atomic E-state index is -4.52. The number of hydrogen-bond donors (Lipinski definition) is 1. The molecular weight excluding hydrogens is 369 g/mol. The molecule has 1 aliphatic rings. The average Bonchev–Trinajstić information content (AvgIpc) is 2.93. The van der Waals surface area contributed by atoms with E-state index in [1.807, 2.05) is 0 Å². The second-order valence-electron chi connectivity index (χ2n) is 5.63. The summed E-state index contributed by atoms with van der Waals surface area (Å²) >= 11 is 0. The third-order valence-corrected chi connectivity index (χ3v) is 3.66. The minimum absolute atomic E-state index is 0.0446. The molecule has 27 heavy (non-hydrogen) atoms. The Bertz CT molecular complexity index is 887. The zero-order valence-corrected chi connectivity index (χ0v) is 13.9. The van der Waals surface area contributed by atoms with Gasteiger partial charge >= 0.3 is 23.9 Å². The van der Waals surface area contributed by atoms with Crippen molar-refractivity contribution in [1.29, 1.82) is 0 Å². The first kappa shape index (κ1) is 18.6. The molecule has 1 aliphatic heterocycles. The van der Waals surface area contributed by atoms with Crippen LogP contribution in [0.4, 0.5) is 24.7 Å². The first-order valence-electron chi connectivity index (χ1n) is 7.63. The Labute approximate surface area is 151 Å². The Morgan fingerprint density at radius 3 is 2.74 bits per heavy atom. The van der Waals surface area contributed by atoms with Crippen molar-refractivity contribution in [3.05, 3.63) is 53.7 Å². The summed E-state index contributed by atoms with van der Waals surface area (Å²) in [7, 11) is 0. The van der Waals surface area contributed by atoms with Gasteiger partial charge in [0.2, 0.25) is 0 Å². The molecule has 1 atom stereocenters. The number of ether oxygens (including phenoxy) is 3. The quantitative estimate of drug-likeness (QED) is 0.813. The Kier molecular flexibility index (Phi) is 4.75. The Morgan fingerprint density at radius 1 is 1.30 bits per heavy atom. The van der Waals surface area contributed by atoms with Gasteiger partial charge in [0.25, 0.3) is 0 Å². The predicted octanol–water partition coefficient (Wildman–Crippen LogP) is 3.25. The number of pyridine rings is 1. The molecule has 1 aromatic carbocycles. The normalized spacial score (nSPS) is 19.5. The highest BCUT2D eigenvalue weighted by Gasteiger charge is 2.46. The van der Waals surface area contributed by atoms with E-state index in [0.29, 0.717) is 0 Å². The number of cyclic esters (lactones) is 1. The van der Waals surface area contributed by atoms with Gasteiger partial charge in [0.1, 0.15) is 11.4 Å². The molecule has 2 heterocycles. The lowest BCUT2D eigenvalue weighted by Crippen LogP contribution is -2.38. The number of benzene rings is 1. The van der Waals surface area contributed by atoms with E-state index >= 15 is 0 Å². The maximum absolute atomic E-state index is 12.8. The van der Waals surface area contributed by atoms with E-state index in [1.54, 1.807) is 0 Å². The average molecular weight is 382 g/mol. The predicted molar refractivity (Wildman–Crippen MR) is 84.8 cm³/mol. The monoisotopic (exact) mass is 382 g/mol. The summed E-state index contributed by atoms with van der Waals surface area (Å²) in [6.07, 6.45) is -3.17. The van der Waals surface area contributed by atoms with Gasteiger partial charge in [0, 0.05) is 18.8 Å². The zero-order valence-electron chi connectivity index (χ0n) is 13.9. The molecule has 3 rings (SSSR count). The molecule has 1 saturated heterocycles. The highest BCUT2D eigenvalue weighted by atomic mass is 19.4. The van der Waals surface area contributed by atoms with Crippen LogP contribution in [-0.2, 0) is 25.2 Å². The molecule has 1 unspecified atom stereocenters. The van der Waals surface area contributed by atoms with Crippen LogP contribution in [0, 0.1) is 0 Å². The van der Waals surface area contributed by atoms with Crippen molar-refractivity contribution in [3.63, 3.8) is 0 Å².